The van der Waals surface area contributed by atoms with Gasteiger partial charge in [0.15, 0.2) is 5.60 Å². The first-order valence-electron chi connectivity index (χ1n) is 14.0. The minimum atomic E-state index is -4.81. The lowest BCUT2D eigenvalue weighted by Gasteiger charge is -2.37. The molecule has 2 N–H and O–H groups in total. The highest BCUT2D eigenvalue weighted by Gasteiger charge is 2.47. The molecule has 2 atom stereocenters. The lowest BCUT2D eigenvalue weighted by atomic mass is 9.81. The average molecular weight is 712 g/mol. The highest BCUT2D eigenvalue weighted by Crippen LogP contribution is 2.45. The quantitative estimate of drug-likeness (QED) is 0.0911. The SMILES string of the molecule is C[C@@H](c1nc(-c2ccc(C#N)cc2)cs1)[C@@](Cn1cncn1)(OC(=O)OCOC(=O)c1ccc(OP(=O)(O)O)cc1)c1ccc(F)cc1F. The molecule has 2 heterocycles. The second kappa shape index (κ2) is 14.7. The number of hydrogen-bond acceptors (Lipinski definition) is 12. The number of ether oxygens (including phenoxy) is 3. The van der Waals surface area contributed by atoms with E-state index >= 15 is 4.39 Å². The van der Waals surface area contributed by atoms with Crippen LogP contribution in [0.25, 0.3) is 11.3 Å². The summed E-state index contributed by atoms with van der Waals surface area (Å²) in [7, 11) is -4.81. The molecule has 49 heavy (non-hydrogen) atoms. The first-order chi connectivity index (χ1) is 23.4. The van der Waals surface area contributed by atoms with E-state index in [1.54, 1.807) is 36.6 Å². The number of esters is 1. The van der Waals surface area contributed by atoms with E-state index in [0.29, 0.717) is 27.9 Å². The summed E-state index contributed by atoms with van der Waals surface area (Å²) in [5, 5.41) is 15.3. The molecule has 0 radical (unpaired) electrons. The lowest BCUT2D eigenvalue weighted by Crippen LogP contribution is -2.43. The summed E-state index contributed by atoms with van der Waals surface area (Å²) in [5.41, 5.74) is -0.621. The summed E-state index contributed by atoms with van der Waals surface area (Å²) < 4.78 is 62.3. The third kappa shape index (κ3) is 8.50. The fraction of sp³-hybridized carbons (Fsp3) is 0.161. The van der Waals surface area contributed by atoms with Gasteiger partial charge in [0.05, 0.1) is 35.4 Å². The fourth-order valence-corrected chi connectivity index (χ4v) is 6.10. The van der Waals surface area contributed by atoms with Crippen LogP contribution >= 0.6 is 19.2 Å². The van der Waals surface area contributed by atoms with Gasteiger partial charge in [0.2, 0.25) is 6.79 Å². The normalized spacial score (nSPS) is 13.1. The lowest BCUT2D eigenvalue weighted by molar-refractivity contribution is -0.0881. The van der Waals surface area contributed by atoms with Crippen molar-refractivity contribution in [1.82, 2.24) is 19.7 Å². The molecule has 0 fully saturated rings. The summed E-state index contributed by atoms with van der Waals surface area (Å²) in [6.45, 7) is 0.340. The smallest absolute Gasteiger partial charge is 0.424 e. The van der Waals surface area contributed by atoms with Gasteiger partial charge in [-0.05, 0) is 48.5 Å². The largest absolute Gasteiger partial charge is 0.524 e. The van der Waals surface area contributed by atoms with Crippen molar-refractivity contribution in [1.29, 1.82) is 5.26 Å². The Labute approximate surface area is 280 Å². The zero-order valence-electron chi connectivity index (χ0n) is 25.2. The third-order valence-electron chi connectivity index (χ3n) is 7.10. The number of halogens is 2. The van der Waals surface area contributed by atoms with Crippen molar-refractivity contribution in [2.24, 2.45) is 0 Å². The summed E-state index contributed by atoms with van der Waals surface area (Å²) in [4.78, 5) is 52.2. The molecular formula is C31H24F2N5O9PS. The number of nitrogens with zero attached hydrogens (tertiary/aromatic N) is 5. The molecule has 2 aromatic heterocycles. The molecule has 0 aliphatic heterocycles. The van der Waals surface area contributed by atoms with Crippen molar-refractivity contribution in [3.8, 4) is 23.1 Å². The van der Waals surface area contributed by atoms with Crippen molar-refractivity contribution in [3.63, 3.8) is 0 Å². The number of carbonyl (C=O) groups excluding carboxylic acids is 2. The van der Waals surface area contributed by atoms with Crippen LogP contribution in [0.4, 0.5) is 13.6 Å². The van der Waals surface area contributed by atoms with Crippen LogP contribution in [0, 0.1) is 23.0 Å². The number of phosphoric acid groups is 1. The van der Waals surface area contributed by atoms with Crippen LogP contribution in [-0.2, 0) is 30.9 Å². The number of benzene rings is 3. The molecule has 0 saturated heterocycles. The topological polar surface area (TPSA) is 196 Å². The number of aromatic nitrogens is 4. The van der Waals surface area contributed by atoms with E-state index in [0.717, 1.165) is 36.4 Å². The molecule has 0 aliphatic rings. The predicted molar refractivity (Wildman–Crippen MR) is 166 cm³/mol. The zero-order valence-corrected chi connectivity index (χ0v) is 26.9. The molecule has 0 aliphatic carbocycles. The van der Waals surface area contributed by atoms with Crippen molar-refractivity contribution in [2.45, 2.75) is 25.0 Å². The zero-order chi connectivity index (χ0) is 35.2. The highest BCUT2D eigenvalue weighted by molar-refractivity contribution is 7.46. The van der Waals surface area contributed by atoms with Gasteiger partial charge in [-0.3, -0.25) is 9.79 Å². The Kier molecular flexibility index (Phi) is 10.4. The second-order valence-electron chi connectivity index (χ2n) is 10.2. The van der Waals surface area contributed by atoms with Crippen LogP contribution in [-0.4, -0.2) is 48.5 Å². The fourth-order valence-electron chi connectivity index (χ4n) is 4.73. The first-order valence-corrected chi connectivity index (χ1v) is 16.4. The van der Waals surface area contributed by atoms with Gasteiger partial charge >= 0.3 is 19.9 Å². The van der Waals surface area contributed by atoms with Gasteiger partial charge in [0.25, 0.3) is 0 Å². The summed E-state index contributed by atoms with van der Waals surface area (Å²) >= 11 is 1.18. The maximum Gasteiger partial charge on any atom is 0.524 e. The maximum absolute atomic E-state index is 15.6. The molecule has 0 amide bonds. The molecule has 14 nitrogen and oxygen atoms in total. The van der Waals surface area contributed by atoms with Crippen molar-refractivity contribution in [3.05, 3.63) is 118 Å². The Morgan fingerprint density at radius 3 is 2.45 bits per heavy atom. The molecule has 3 aromatic carbocycles. The first kappa shape index (κ1) is 34.8. The number of hydrogen-bond donors (Lipinski definition) is 2. The monoisotopic (exact) mass is 711 g/mol. The van der Waals surface area contributed by atoms with E-state index in [9.17, 15) is 18.5 Å². The van der Waals surface area contributed by atoms with E-state index < -0.39 is 49.9 Å². The van der Waals surface area contributed by atoms with Gasteiger partial charge < -0.3 is 18.7 Å². The average Bonchev–Trinajstić information content (AvgIpc) is 3.77. The van der Waals surface area contributed by atoms with E-state index in [1.807, 2.05) is 6.07 Å². The maximum atomic E-state index is 15.6. The Balaban J connectivity index is 1.41. The number of thiazole rings is 1. The summed E-state index contributed by atoms with van der Waals surface area (Å²) in [5.74, 6) is -4.03. The standard InChI is InChI=1S/C31H24F2N5O9PS/c1-19(28-37-27(14-49-28)21-4-2-20(13-34)3-5-21)31(15-38-17-35-16-36-38,25-11-8-23(32)12-26(25)33)46-30(40)45-18-44-29(39)22-6-9-24(10-7-22)47-48(41,42)43/h2-12,14,16-17,19H,15,18H2,1H3,(H2,41,42,43)/t19-,31+/m0/s1. The van der Waals surface area contributed by atoms with Crippen molar-refractivity contribution >= 4 is 31.3 Å². The molecule has 0 spiro atoms. The summed E-state index contributed by atoms with van der Waals surface area (Å²) in [6.07, 6.45) is 1.13. The van der Waals surface area contributed by atoms with E-state index in [1.165, 1.54) is 28.7 Å². The van der Waals surface area contributed by atoms with Crippen LogP contribution in [0.15, 0.2) is 84.8 Å². The third-order valence-corrected chi connectivity index (χ3v) is 8.57. The van der Waals surface area contributed by atoms with Crippen LogP contribution in [0.3, 0.4) is 0 Å². The molecule has 0 unspecified atom stereocenters. The van der Waals surface area contributed by atoms with Gasteiger partial charge in [0.1, 0.15) is 35.0 Å². The van der Waals surface area contributed by atoms with E-state index in [2.05, 4.69) is 14.6 Å². The Hall–Kier alpha value is -5.53. The van der Waals surface area contributed by atoms with Gasteiger partial charge in [0, 0.05) is 22.6 Å². The van der Waals surface area contributed by atoms with Crippen LogP contribution < -0.4 is 4.52 Å². The van der Waals surface area contributed by atoms with Crippen molar-refractivity contribution in [2.75, 3.05) is 6.79 Å². The van der Waals surface area contributed by atoms with Gasteiger partial charge in [-0.1, -0.05) is 19.1 Å². The highest BCUT2D eigenvalue weighted by atomic mass is 32.1. The minimum absolute atomic E-state index is 0.0700. The van der Waals surface area contributed by atoms with Crippen LogP contribution in [0.1, 0.15) is 39.3 Å². The number of nitriles is 1. The van der Waals surface area contributed by atoms with Gasteiger partial charge in [-0.15, -0.1) is 11.3 Å². The number of phosphoric ester groups is 1. The molecule has 0 bridgehead atoms. The number of rotatable bonds is 12. The van der Waals surface area contributed by atoms with Crippen molar-refractivity contribution < 1.29 is 51.5 Å². The molecule has 0 saturated carbocycles. The van der Waals surface area contributed by atoms with Crippen LogP contribution in [0.5, 0.6) is 5.75 Å². The Bertz CT molecular complexity index is 2030. The van der Waals surface area contributed by atoms with Gasteiger partial charge in [-0.25, -0.2) is 37.6 Å². The molecular weight excluding hydrogens is 687 g/mol. The minimum Gasteiger partial charge on any atom is -0.424 e. The Morgan fingerprint density at radius 1 is 1.08 bits per heavy atom. The molecule has 252 valence electrons. The number of carbonyl (C=O) groups is 2. The Morgan fingerprint density at radius 2 is 1.82 bits per heavy atom. The molecule has 18 heteroatoms. The van der Waals surface area contributed by atoms with E-state index in [4.69, 9.17) is 34.2 Å². The van der Waals surface area contributed by atoms with E-state index in [-0.39, 0.29) is 23.4 Å². The second-order valence-corrected chi connectivity index (χ2v) is 12.3. The summed E-state index contributed by atoms with van der Waals surface area (Å²) in [6, 6.07) is 16.0. The van der Waals surface area contributed by atoms with Gasteiger partial charge in [-0.2, -0.15) is 10.4 Å². The molecule has 5 rings (SSSR count). The molecule has 5 aromatic rings. The van der Waals surface area contributed by atoms with Crippen LogP contribution in [0.2, 0.25) is 0 Å². The predicted octanol–water partition coefficient (Wildman–Crippen LogP) is 5.69.